The molecule has 24 heavy (non-hydrogen) atoms. The third kappa shape index (κ3) is 4.07. The summed E-state index contributed by atoms with van der Waals surface area (Å²) in [5.74, 6) is -0.130. The van der Waals surface area contributed by atoms with Crippen molar-refractivity contribution in [2.75, 3.05) is 30.4 Å². The SMILES string of the molecule is CCN(CC)c1ccc(C(=O)Nc2cccc(C(=O)OC)c2)nn1. The van der Waals surface area contributed by atoms with Crippen molar-refractivity contribution in [2.45, 2.75) is 13.8 Å². The molecular weight excluding hydrogens is 308 g/mol. The molecule has 7 nitrogen and oxygen atoms in total. The Kier molecular flexibility index (Phi) is 5.83. The molecule has 126 valence electrons. The fourth-order valence-electron chi connectivity index (χ4n) is 2.20. The first kappa shape index (κ1) is 17.4. The molecule has 0 radical (unpaired) electrons. The highest BCUT2D eigenvalue weighted by atomic mass is 16.5. The number of ether oxygens (including phenoxy) is 1. The van der Waals surface area contributed by atoms with Gasteiger partial charge in [0.2, 0.25) is 0 Å². The highest BCUT2D eigenvalue weighted by molar-refractivity contribution is 6.03. The van der Waals surface area contributed by atoms with Gasteiger partial charge in [-0.15, -0.1) is 10.2 Å². The number of hydrogen-bond acceptors (Lipinski definition) is 6. The maximum atomic E-state index is 12.2. The predicted molar refractivity (Wildman–Crippen MR) is 91.3 cm³/mol. The second kappa shape index (κ2) is 8.05. The predicted octanol–water partition coefficient (Wildman–Crippen LogP) is 2.36. The third-order valence-electron chi connectivity index (χ3n) is 3.51. The number of amides is 1. The van der Waals surface area contributed by atoms with Gasteiger partial charge in [-0.2, -0.15) is 0 Å². The summed E-state index contributed by atoms with van der Waals surface area (Å²) in [5, 5.41) is 10.7. The number of carbonyl (C=O) groups excluding carboxylic acids is 2. The van der Waals surface area contributed by atoms with Gasteiger partial charge in [0.1, 0.15) is 0 Å². The zero-order valence-electron chi connectivity index (χ0n) is 13.9. The molecule has 0 atom stereocenters. The van der Waals surface area contributed by atoms with Crippen molar-refractivity contribution in [1.29, 1.82) is 0 Å². The van der Waals surface area contributed by atoms with E-state index in [1.807, 2.05) is 18.7 Å². The van der Waals surface area contributed by atoms with Gasteiger partial charge in [0.05, 0.1) is 12.7 Å². The Morgan fingerprint density at radius 3 is 2.46 bits per heavy atom. The highest BCUT2D eigenvalue weighted by Crippen LogP contribution is 2.14. The first-order valence-electron chi connectivity index (χ1n) is 7.67. The van der Waals surface area contributed by atoms with Gasteiger partial charge >= 0.3 is 5.97 Å². The Labute approximate surface area is 140 Å². The first-order valence-corrected chi connectivity index (χ1v) is 7.67. The van der Waals surface area contributed by atoms with Crippen LogP contribution in [0.4, 0.5) is 11.5 Å². The molecule has 0 spiro atoms. The monoisotopic (exact) mass is 328 g/mol. The molecule has 0 unspecified atom stereocenters. The normalized spacial score (nSPS) is 10.1. The van der Waals surface area contributed by atoms with Crippen LogP contribution in [0.3, 0.4) is 0 Å². The molecule has 0 aliphatic carbocycles. The van der Waals surface area contributed by atoms with Crippen LogP contribution in [0.5, 0.6) is 0 Å². The third-order valence-corrected chi connectivity index (χ3v) is 3.51. The van der Waals surface area contributed by atoms with E-state index in [9.17, 15) is 9.59 Å². The Morgan fingerprint density at radius 1 is 1.12 bits per heavy atom. The van der Waals surface area contributed by atoms with Gasteiger partial charge in [-0.1, -0.05) is 6.07 Å². The number of esters is 1. The van der Waals surface area contributed by atoms with Gasteiger partial charge in [-0.05, 0) is 44.2 Å². The summed E-state index contributed by atoms with van der Waals surface area (Å²) in [6.07, 6.45) is 0. The molecule has 2 aromatic rings. The van der Waals surface area contributed by atoms with E-state index >= 15 is 0 Å². The number of benzene rings is 1. The van der Waals surface area contributed by atoms with Crippen LogP contribution in [0.15, 0.2) is 36.4 Å². The molecule has 1 aromatic heterocycles. The van der Waals surface area contributed by atoms with E-state index in [1.165, 1.54) is 7.11 Å². The van der Waals surface area contributed by atoms with Crippen molar-refractivity contribution in [1.82, 2.24) is 10.2 Å². The van der Waals surface area contributed by atoms with Crippen molar-refractivity contribution in [2.24, 2.45) is 0 Å². The van der Waals surface area contributed by atoms with Crippen molar-refractivity contribution in [3.8, 4) is 0 Å². The van der Waals surface area contributed by atoms with Gasteiger partial charge < -0.3 is 15.0 Å². The average Bonchev–Trinajstić information content (AvgIpc) is 2.62. The van der Waals surface area contributed by atoms with Gasteiger partial charge in [-0.3, -0.25) is 4.79 Å². The molecular formula is C17H20N4O3. The lowest BCUT2D eigenvalue weighted by Gasteiger charge is -2.18. The second-order valence-corrected chi connectivity index (χ2v) is 4.98. The van der Waals surface area contributed by atoms with Crippen LogP contribution in [0.1, 0.15) is 34.7 Å². The van der Waals surface area contributed by atoms with E-state index in [4.69, 9.17) is 0 Å². The molecule has 0 aliphatic heterocycles. The highest BCUT2D eigenvalue weighted by Gasteiger charge is 2.12. The van der Waals surface area contributed by atoms with Crippen molar-refractivity contribution in [3.05, 3.63) is 47.7 Å². The summed E-state index contributed by atoms with van der Waals surface area (Å²) in [4.78, 5) is 25.8. The maximum Gasteiger partial charge on any atom is 0.337 e. The average molecular weight is 328 g/mol. The summed E-state index contributed by atoms with van der Waals surface area (Å²) in [6.45, 7) is 5.69. The molecule has 0 saturated carbocycles. The molecule has 1 N–H and O–H groups in total. The van der Waals surface area contributed by atoms with Gasteiger partial charge in [-0.25, -0.2) is 4.79 Å². The van der Waals surface area contributed by atoms with E-state index in [0.717, 1.165) is 18.9 Å². The summed E-state index contributed by atoms with van der Waals surface area (Å²) >= 11 is 0. The van der Waals surface area contributed by atoms with Gasteiger partial charge in [0.15, 0.2) is 11.5 Å². The Morgan fingerprint density at radius 2 is 1.88 bits per heavy atom. The Bertz CT molecular complexity index is 712. The van der Waals surface area contributed by atoms with Crippen LogP contribution >= 0.6 is 0 Å². The Balaban J connectivity index is 2.11. The van der Waals surface area contributed by atoms with Crippen LogP contribution in [0.2, 0.25) is 0 Å². The molecule has 1 amide bonds. The van der Waals surface area contributed by atoms with Crippen LogP contribution in [0.25, 0.3) is 0 Å². The molecule has 0 bridgehead atoms. The number of nitrogens with one attached hydrogen (secondary N) is 1. The molecule has 1 heterocycles. The molecule has 0 aliphatic rings. The minimum absolute atomic E-state index is 0.203. The number of rotatable bonds is 6. The zero-order chi connectivity index (χ0) is 17.5. The van der Waals surface area contributed by atoms with E-state index in [0.29, 0.717) is 11.3 Å². The summed E-state index contributed by atoms with van der Waals surface area (Å²) in [7, 11) is 1.31. The number of hydrogen-bond donors (Lipinski definition) is 1. The molecule has 0 saturated heterocycles. The molecule has 0 fully saturated rings. The minimum atomic E-state index is -0.463. The molecule has 2 rings (SSSR count). The van der Waals surface area contributed by atoms with Crippen molar-refractivity contribution in [3.63, 3.8) is 0 Å². The molecule has 1 aromatic carbocycles. The van der Waals surface area contributed by atoms with E-state index < -0.39 is 11.9 Å². The maximum absolute atomic E-state index is 12.2. The number of aromatic nitrogens is 2. The van der Waals surface area contributed by atoms with E-state index in [-0.39, 0.29) is 5.69 Å². The second-order valence-electron chi connectivity index (χ2n) is 4.98. The van der Waals surface area contributed by atoms with Crippen LogP contribution < -0.4 is 10.2 Å². The lowest BCUT2D eigenvalue weighted by Crippen LogP contribution is -2.24. The fourth-order valence-corrected chi connectivity index (χ4v) is 2.20. The topological polar surface area (TPSA) is 84.4 Å². The van der Waals surface area contributed by atoms with Gasteiger partial charge in [0, 0.05) is 18.8 Å². The van der Waals surface area contributed by atoms with Crippen LogP contribution in [-0.4, -0.2) is 42.3 Å². The lowest BCUT2D eigenvalue weighted by molar-refractivity contribution is 0.0600. The standard InChI is InChI=1S/C17H20N4O3/c1-4-21(5-2)15-10-9-14(19-20-15)16(22)18-13-8-6-7-12(11-13)17(23)24-3/h6-11H,4-5H2,1-3H3,(H,18,22). The quantitative estimate of drug-likeness (QED) is 0.820. The van der Waals surface area contributed by atoms with Gasteiger partial charge in [0.25, 0.3) is 5.91 Å². The summed E-state index contributed by atoms with van der Waals surface area (Å²) in [5.41, 5.74) is 1.05. The molecule has 7 heteroatoms. The number of methoxy groups -OCH3 is 1. The van der Waals surface area contributed by atoms with E-state index in [1.54, 1.807) is 36.4 Å². The summed E-state index contributed by atoms with van der Waals surface area (Å²) in [6, 6.07) is 9.89. The van der Waals surface area contributed by atoms with Crippen LogP contribution in [-0.2, 0) is 4.74 Å². The lowest BCUT2D eigenvalue weighted by atomic mass is 10.2. The number of carbonyl (C=O) groups is 2. The fraction of sp³-hybridized carbons (Fsp3) is 0.294. The number of nitrogens with zero attached hydrogens (tertiary/aromatic N) is 3. The van der Waals surface area contributed by atoms with Crippen LogP contribution in [0, 0.1) is 0 Å². The van der Waals surface area contributed by atoms with E-state index in [2.05, 4.69) is 20.3 Å². The number of anilines is 2. The first-order chi connectivity index (χ1) is 11.6. The summed E-state index contributed by atoms with van der Waals surface area (Å²) < 4.78 is 4.66. The largest absolute Gasteiger partial charge is 0.465 e. The van der Waals surface area contributed by atoms with Crippen molar-refractivity contribution < 1.29 is 14.3 Å². The smallest absolute Gasteiger partial charge is 0.337 e. The zero-order valence-corrected chi connectivity index (χ0v) is 13.9. The minimum Gasteiger partial charge on any atom is -0.465 e. The van der Waals surface area contributed by atoms with Crippen molar-refractivity contribution >= 4 is 23.4 Å². The Hall–Kier alpha value is -2.96.